The van der Waals surface area contributed by atoms with Crippen LogP contribution < -0.4 is 15.2 Å². The van der Waals surface area contributed by atoms with Gasteiger partial charge in [0.15, 0.2) is 11.4 Å². The lowest BCUT2D eigenvalue weighted by molar-refractivity contribution is 0.0224. The lowest BCUT2D eigenvalue weighted by Gasteiger charge is -2.37. The van der Waals surface area contributed by atoms with Gasteiger partial charge < -0.3 is 14.8 Å². The van der Waals surface area contributed by atoms with E-state index >= 15 is 4.48 Å². The predicted octanol–water partition coefficient (Wildman–Crippen LogP) is 8.58. The Morgan fingerprint density at radius 2 is 1.38 bits per heavy atom. The van der Waals surface area contributed by atoms with E-state index in [4.69, 9.17) is 9.47 Å². The first kappa shape index (κ1) is 25.6. The molecule has 7 rings (SSSR count). The molecule has 0 radical (unpaired) electrons. The Kier molecular flexibility index (Phi) is 5.69. The monoisotopic (exact) mass is 572 g/mol. The highest BCUT2D eigenvalue weighted by Crippen LogP contribution is 2.57. The van der Waals surface area contributed by atoms with Gasteiger partial charge in [-0.15, -0.1) is 0 Å². The molecule has 0 bridgehead atoms. The number of esters is 1. The van der Waals surface area contributed by atoms with Crippen molar-refractivity contribution in [3.05, 3.63) is 143 Å². The van der Waals surface area contributed by atoms with Gasteiger partial charge in [-0.2, -0.15) is 5.12 Å². The lowest BCUT2D eigenvalue weighted by Crippen LogP contribution is -2.33. The molecule has 5 nitrogen and oxygen atoms in total. The van der Waals surface area contributed by atoms with Crippen molar-refractivity contribution in [2.45, 2.75) is 5.60 Å². The summed E-state index contributed by atoms with van der Waals surface area (Å²) in [5.41, 5.74) is -0.0634. The van der Waals surface area contributed by atoms with Crippen molar-refractivity contribution >= 4 is 28.7 Å². The maximum absolute atomic E-state index is 15.4. The molecular weight excluding hydrogens is 555 g/mol. The summed E-state index contributed by atoms with van der Waals surface area (Å²) in [6.07, 6.45) is 0. The predicted molar refractivity (Wildman–Crippen MR) is 144 cm³/mol. The van der Waals surface area contributed by atoms with Crippen molar-refractivity contribution in [2.75, 3.05) is 10.4 Å². The van der Waals surface area contributed by atoms with E-state index in [0.29, 0.717) is 34.0 Å². The maximum Gasteiger partial charge on any atom is 0.340 e. The first-order valence-corrected chi connectivity index (χ1v) is 12.7. The molecule has 0 saturated heterocycles. The molecular formula is C32H17F5N2O3. The number of carbonyl (C=O) groups is 1. The number of ether oxygens (including phenoxy) is 2. The number of benzene rings is 5. The molecule has 10 heteroatoms. The molecule has 42 heavy (non-hydrogen) atoms. The summed E-state index contributed by atoms with van der Waals surface area (Å²) in [5.74, 6) is -3.79. The first-order chi connectivity index (χ1) is 20.2. The number of fused-ring (bicyclic) bond motifs is 6. The molecule has 0 saturated carbocycles. The number of rotatable bonds is 4. The smallest absolute Gasteiger partial charge is 0.340 e. The van der Waals surface area contributed by atoms with Crippen molar-refractivity contribution in [2.24, 2.45) is 0 Å². The zero-order valence-electron chi connectivity index (χ0n) is 21.3. The van der Waals surface area contributed by atoms with Crippen LogP contribution in [0.25, 0.3) is 0 Å². The van der Waals surface area contributed by atoms with Gasteiger partial charge in [0, 0.05) is 46.6 Å². The van der Waals surface area contributed by atoms with Crippen LogP contribution in [0.2, 0.25) is 0 Å². The van der Waals surface area contributed by atoms with Crippen LogP contribution in [0.3, 0.4) is 0 Å². The molecule has 2 aliphatic rings. The van der Waals surface area contributed by atoms with Crippen LogP contribution in [0.4, 0.5) is 44.8 Å². The maximum atomic E-state index is 15.4. The minimum atomic E-state index is -1.48. The molecule has 1 N–H and O–H groups in total. The average molecular weight is 572 g/mol. The molecule has 0 aliphatic carbocycles. The number of hydrogen-bond acceptors (Lipinski definition) is 5. The standard InChI is InChI=1S/C32H17F5N2O3/c33-17-5-11-27(25(35)13-17)38-19-7-9-23-29(15-19)41-30-16-20(39(37)28-12-6-18(34)14-26(28)36)8-10-24(30)32(23)22-4-2-1-3-21(22)31(40)42-32/h1-16,38H. The van der Waals surface area contributed by atoms with E-state index in [1.807, 2.05) is 0 Å². The molecule has 1 spiro atoms. The van der Waals surface area contributed by atoms with E-state index in [9.17, 15) is 22.4 Å². The molecule has 0 amide bonds. The van der Waals surface area contributed by atoms with Gasteiger partial charge in [0.2, 0.25) is 0 Å². The molecule has 1 unspecified atom stereocenters. The zero-order chi connectivity index (χ0) is 29.2. The number of halogens is 5. The molecule has 2 heterocycles. The van der Waals surface area contributed by atoms with Crippen LogP contribution in [-0.4, -0.2) is 5.97 Å². The Morgan fingerprint density at radius 1 is 0.690 bits per heavy atom. The van der Waals surface area contributed by atoms with Gasteiger partial charge in [-0.3, -0.25) is 0 Å². The van der Waals surface area contributed by atoms with Crippen molar-refractivity contribution in [1.29, 1.82) is 0 Å². The number of carbonyl (C=O) groups excluding carboxylic acids is 1. The quantitative estimate of drug-likeness (QED) is 0.133. The Hall–Kier alpha value is -5.38. The molecule has 208 valence electrons. The Bertz CT molecular complexity index is 1930. The normalized spacial score (nSPS) is 16.3. The Morgan fingerprint density at radius 3 is 2.14 bits per heavy atom. The molecule has 0 aromatic heterocycles. The van der Waals surface area contributed by atoms with Crippen LogP contribution in [0, 0.1) is 23.3 Å². The fourth-order valence-electron chi connectivity index (χ4n) is 5.39. The highest BCUT2D eigenvalue weighted by atomic mass is 19.2. The SMILES string of the molecule is O=C1OC2(c3ccc(Nc4ccc(F)cc4F)cc3Oc3cc(N(F)c4ccc(F)cc4F)ccc32)c2ccccc21. The minimum absolute atomic E-state index is 0.0107. The van der Waals surface area contributed by atoms with E-state index in [1.165, 1.54) is 30.3 Å². The third kappa shape index (κ3) is 3.87. The fourth-order valence-corrected chi connectivity index (χ4v) is 5.39. The second-order valence-electron chi connectivity index (χ2n) is 9.74. The molecule has 5 aromatic carbocycles. The average Bonchev–Trinajstić information content (AvgIpc) is 3.26. The summed E-state index contributed by atoms with van der Waals surface area (Å²) in [7, 11) is 0. The van der Waals surface area contributed by atoms with Gasteiger partial charge in [0.25, 0.3) is 0 Å². The van der Waals surface area contributed by atoms with Crippen LogP contribution >= 0.6 is 0 Å². The van der Waals surface area contributed by atoms with Crippen molar-refractivity contribution < 1.29 is 36.3 Å². The molecule has 1 atom stereocenters. The minimum Gasteiger partial charge on any atom is -0.456 e. The third-order valence-corrected chi connectivity index (χ3v) is 7.26. The van der Waals surface area contributed by atoms with Crippen LogP contribution in [0.5, 0.6) is 11.5 Å². The van der Waals surface area contributed by atoms with E-state index < -0.39 is 40.5 Å². The topological polar surface area (TPSA) is 50.8 Å². The van der Waals surface area contributed by atoms with Crippen LogP contribution in [0.15, 0.2) is 97.1 Å². The van der Waals surface area contributed by atoms with Crippen molar-refractivity contribution in [1.82, 2.24) is 0 Å². The lowest BCUT2D eigenvalue weighted by atomic mass is 9.77. The van der Waals surface area contributed by atoms with Crippen LogP contribution in [0.1, 0.15) is 27.0 Å². The first-order valence-electron chi connectivity index (χ1n) is 12.7. The Balaban J connectivity index is 1.37. The summed E-state index contributed by atoms with van der Waals surface area (Å²) in [6, 6.07) is 21.4. The second kappa shape index (κ2) is 9.34. The van der Waals surface area contributed by atoms with E-state index in [2.05, 4.69) is 5.32 Å². The molecule has 0 fully saturated rings. The van der Waals surface area contributed by atoms with Crippen molar-refractivity contribution in [3.8, 4) is 11.5 Å². The number of nitrogens with zero attached hydrogens (tertiary/aromatic N) is 1. The fraction of sp³-hybridized carbons (Fsp3) is 0.0312. The summed E-state index contributed by atoms with van der Waals surface area (Å²) < 4.78 is 83.3. The number of nitrogens with one attached hydrogen (secondary N) is 1. The zero-order valence-corrected chi connectivity index (χ0v) is 21.3. The van der Waals surface area contributed by atoms with E-state index in [0.717, 1.165) is 24.3 Å². The molecule has 2 aliphatic heterocycles. The summed E-state index contributed by atoms with van der Waals surface area (Å²) in [5, 5.41) is 2.92. The Labute approximate surface area is 235 Å². The molecule has 5 aromatic rings. The highest BCUT2D eigenvalue weighted by molar-refractivity contribution is 5.97. The van der Waals surface area contributed by atoms with E-state index in [1.54, 1.807) is 36.4 Å². The summed E-state index contributed by atoms with van der Waals surface area (Å²) in [6.45, 7) is 0. The summed E-state index contributed by atoms with van der Waals surface area (Å²) in [4.78, 5) is 13.1. The van der Waals surface area contributed by atoms with Gasteiger partial charge in [-0.1, -0.05) is 22.7 Å². The van der Waals surface area contributed by atoms with Crippen molar-refractivity contribution in [3.63, 3.8) is 0 Å². The highest BCUT2D eigenvalue weighted by Gasteiger charge is 2.53. The van der Waals surface area contributed by atoms with Gasteiger partial charge in [-0.25, -0.2) is 22.4 Å². The van der Waals surface area contributed by atoms with E-state index in [-0.39, 0.29) is 28.0 Å². The second-order valence-corrected chi connectivity index (χ2v) is 9.74. The van der Waals surface area contributed by atoms with Gasteiger partial charge in [0.05, 0.1) is 16.9 Å². The third-order valence-electron chi connectivity index (χ3n) is 7.26. The van der Waals surface area contributed by atoms with Gasteiger partial charge in [-0.05, 0) is 54.6 Å². The number of hydrogen-bond donors (Lipinski definition) is 1. The van der Waals surface area contributed by atoms with Gasteiger partial charge in [0.1, 0.15) is 34.6 Å². The van der Waals surface area contributed by atoms with Crippen LogP contribution in [-0.2, 0) is 10.3 Å². The van der Waals surface area contributed by atoms with Gasteiger partial charge >= 0.3 is 5.97 Å². The number of anilines is 4. The summed E-state index contributed by atoms with van der Waals surface area (Å²) >= 11 is 0. The largest absolute Gasteiger partial charge is 0.456 e.